The fourth-order valence-corrected chi connectivity index (χ4v) is 3.76. The van der Waals surface area contributed by atoms with E-state index in [1.165, 1.54) is 4.90 Å². The quantitative estimate of drug-likeness (QED) is 0.788. The highest BCUT2D eigenvalue weighted by Gasteiger charge is 2.43. The molecule has 2 heterocycles. The van der Waals surface area contributed by atoms with Crippen molar-refractivity contribution in [2.75, 3.05) is 27.2 Å². The Morgan fingerprint density at radius 2 is 1.64 bits per heavy atom. The van der Waals surface area contributed by atoms with E-state index < -0.39 is 0 Å². The van der Waals surface area contributed by atoms with Crippen LogP contribution in [-0.2, 0) is 9.59 Å². The summed E-state index contributed by atoms with van der Waals surface area (Å²) in [6.07, 6.45) is 2.00. The Morgan fingerprint density at radius 1 is 1.04 bits per heavy atom. The average Bonchev–Trinajstić information content (AvgIpc) is 2.86. The molecule has 0 bridgehead atoms. The molecule has 0 aromatic heterocycles. The van der Waals surface area contributed by atoms with Crippen molar-refractivity contribution in [2.45, 2.75) is 38.8 Å². The molecular formula is C20H27N3O2. The first-order chi connectivity index (χ1) is 11.9. The van der Waals surface area contributed by atoms with Crippen LogP contribution in [0.25, 0.3) is 5.57 Å². The second kappa shape index (κ2) is 7.00. The zero-order valence-corrected chi connectivity index (χ0v) is 15.5. The fraction of sp³-hybridized carbons (Fsp3) is 0.500. The van der Waals surface area contributed by atoms with Crippen LogP contribution in [0.15, 0.2) is 36.0 Å². The Balaban J connectivity index is 2.02. The van der Waals surface area contributed by atoms with Crippen molar-refractivity contribution < 1.29 is 9.59 Å². The van der Waals surface area contributed by atoms with Crippen LogP contribution in [0.1, 0.15) is 32.3 Å². The topological polar surface area (TPSA) is 43.9 Å². The Kier molecular flexibility index (Phi) is 4.95. The van der Waals surface area contributed by atoms with Crippen molar-refractivity contribution in [3.05, 3.63) is 41.6 Å². The Hall–Kier alpha value is -2.14. The van der Waals surface area contributed by atoms with Crippen molar-refractivity contribution in [3.63, 3.8) is 0 Å². The lowest BCUT2D eigenvalue weighted by Gasteiger charge is -2.36. The number of piperidine rings is 1. The standard InChI is InChI=1S/C20H27N3O2/c1-14(2)23-19(24)17(15-8-6-5-7-9-15)18(20(23)25)22(4)16-10-12-21(3)13-11-16/h5-9,14,16H,10-13H2,1-4H3. The molecule has 0 radical (unpaired) electrons. The molecule has 1 fully saturated rings. The zero-order valence-electron chi connectivity index (χ0n) is 15.5. The number of likely N-dealkylation sites (N-methyl/N-ethyl adjacent to an activating group) is 1. The SMILES string of the molecule is CC(C)N1C(=O)C(c2ccccc2)=C(N(C)C2CCN(C)CC2)C1=O. The number of carbonyl (C=O) groups excluding carboxylic acids is 2. The van der Waals surface area contributed by atoms with Gasteiger partial charge < -0.3 is 9.80 Å². The molecule has 1 aromatic carbocycles. The molecule has 25 heavy (non-hydrogen) atoms. The molecule has 5 heteroatoms. The highest BCUT2D eigenvalue weighted by Crippen LogP contribution is 2.34. The number of nitrogens with zero attached hydrogens (tertiary/aromatic N) is 3. The summed E-state index contributed by atoms with van der Waals surface area (Å²) in [6, 6.07) is 9.69. The number of amides is 2. The van der Waals surface area contributed by atoms with Gasteiger partial charge >= 0.3 is 0 Å². The van der Waals surface area contributed by atoms with Crippen molar-refractivity contribution in [1.82, 2.24) is 14.7 Å². The van der Waals surface area contributed by atoms with Gasteiger partial charge in [-0.15, -0.1) is 0 Å². The summed E-state index contributed by atoms with van der Waals surface area (Å²) in [7, 11) is 4.08. The largest absolute Gasteiger partial charge is 0.366 e. The molecule has 0 unspecified atom stereocenters. The molecule has 5 nitrogen and oxygen atoms in total. The van der Waals surface area contributed by atoms with Gasteiger partial charge in [0.2, 0.25) is 0 Å². The predicted octanol–water partition coefficient (Wildman–Crippen LogP) is 2.20. The van der Waals surface area contributed by atoms with Crippen molar-refractivity contribution in [2.24, 2.45) is 0 Å². The Bertz CT molecular complexity index is 688. The van der Waals surface area contributed by atoms with E-state index in [4.69, 9.17) is 0 Å². The van der Waals surface area contributed by atoms with Gasteiger partial charge in [-0.05, 0) is 52.4 Å². The number of carbonyl (C=O) groups is 2. The first kappa shape index (κ1) is 17.7. The van der Waals surface area contributed by atoms with Crippen LogP contribution in [0.5, 0.6) is 0 Å². The number of hydrogen-bond acceptors (Lipinski definition) is 4. The van der Waals surface area contributed by atoms with Crippen LogP contribution in [0.2, 0.25) is 0 Å². The molecule has 1 aromatic rings. The maximum atomic E-state index is 13.1. The fourth-order valence-electron chi connectivity index (χ4n) is 3.76. The monoisotopic (exact) mass is 341 g/mol. The van der Waals surface area contributed by atoms with Gasteiger partial charge in [0.05, 0.1) is 5.57 Å². The number of likely N-dealkylation sites (tertiary alicyclic amines) is 1. The number of benzene rings is 1. The number of imide groups is 1. The molecule has 0 saturated carbocycles. The van der Waals surface area contributed by atoms with Crippen molar-refractivity contribution in [3.8, 4) is 0 Å². The van der Waals surface area contributed by atoms with Crippen LogP contribution in [0, 0.1) is 0 Å². The third-order valence-electron chi connectivity index (χ3n) is 5.26. The third-order valence-corrected chi connectivity index (χ3v) is 5.26. The van der Waals surface area contributed by atoms with Gasteiger partial charge in [-0.1, -0.05) is 30.3 Å². The molecule has 2 amide bonds. The summed E-state index contributed by atoms with van der Waals surface area (Å²) in [5.74, 6) is -0.346. The minimum absolute atomic E-state index is 0.151. The molecule has 1 saturated heterocycles. The van der Waals surface area contributed by atoms with Crippen LogP contribution in [-0.4, -0.2) is 65.8 Å². The van der Waals surface area contributed by atoms with Crippen molar-refractivity contribution >= 4 is 17.4 Å². The minimum Gasteiger partial charge on any atom is -0.366 e. The van der Waals surface area contributed by atoms with E-state index in [1.807, 2.05) is 51.2 Å². The summed E-state index contributed by atoms with van der Waals surface area (Å²) in [6.45, 7) is 5.80. The van der Waals surface area contributed by atoms with E-state index in [2.05, 4.69) is 16.8 Å². The first-order valence-electron chi connectivity index (χ1n) is 9.00. The molecule has 0 aliphatic carbocycles. The van der Waals surface area contributed by atoms with E-state index in [0.29, 0.717) is 11.3 Å². The second-order valence-corrected chi connectivity index (χ2v) is 7.31. The van der Waals surface area contributed by atoms with E-state index in [0.717, 1.165) is 31.5 Å². The molecule has 3 rings (SSSR count). The molecule has 134 valence electrons. The van der Waals surface area contributed by atoms with Gasteiger partial charge in [0.25, 0.3) is 11.8 Å². The maximum Gasteiger partial charge on any atom is 0.278 e. The molecule has 0 N–H and O–H groups in total. The van der Waals surface area contributed by atoms with Gasteiger partial charge in [0.1, 0.15) is 5.70 Å². The van der Waals surface area contributed by atoms with E-state index in [1.54, 1.807) is 0 Å². The smallest absolute Gasteiger partial charge is 0.278 e. The van der Waals surface area contributed by atoms with E-state index in [-0.39, 0.29) is 23.9 Å². The van der Waals surface area contributed by atoms with Gasteiger partial charge in [-0.2, -0.15) is 0 Å². The molecule has 0 atom stereocenters. The van der Waals surface area contributed by atoms with Gasteiger partial charge in [-0.25, -0.2) is 0 Å². The van der Waals surface area contributed by atoms with Crippen LogP contribution >= 0.6 is 0 Å². The normalized spacial score (nSPS) is 20.1. The van der Waals surface area contributed by atoms with Crippen LogP contribution in [0.4, 0.5) is 0 Å². The summed E-state index contributed by atoms with van der Waals surface area (Å²) in [4.78, 5) is 31.9. The molecular weight excluding hydrogens is 314 g/mol. The summed E-state index contributed by atoms with van der Waals surface area (Å²) in [5.41, 5.74) is 1.92. The lowest BCUT2D eigenvalue weighted by molar-refractivity contribution is -0.139. The van der Waals surface area contributed by atoms with Crippen LogP contribution in [0.3, 0.4) is 0 Å². The molecule has 2 aliphatic rings. The minimum atomic E-state index is -0.180. The second-order valence-electron chi connectivity index (χ2n) is 7.31. The average molecular weight is 341 g/mol. The summed E-state index contributed by atoms with van der Waals surface area (Å²) >= 11 is 0. The highest BCUT2D eigenvalue weighted by atomic mass is 16.2. The van der Waals surface area contributed by atoms with E-state index in [9.17, 15) is 9.59 Å². The first-order valence-corrected chi connectivity index (χ1v) is 9.00. The van der Waals surface area contributed by atoms with Gasteiger partial charge in [-0.3, -0.25) is 14.5 Å². The summed E-state index contributed by atoms with van der Waals surface area (Å²) in [5, 5.41) is 0. The maximum absolute atomic E-state index is 13.1. The predicted molar refractivity (Wildman–Crippen MR) is 98.6 cm³/mol. The third kappa shape index (κ3) is 3.21. The number of hydrogen-bond donors (Lipinski definition) is 0. The Labute approximate surface area is 149 Å². The molecule has 0 spiro atoms. The highest BCUT2D eigenvalue weighted by molar-refractivity contribution is 6.35. The number of rotatable bonds is 4. The summed E-state index contributed by atoms with van der Waals surface area (Å²) < 4.78 is 0. The van der Waals surface area contributed by atoms with Gasteiger partial charge in [0, 0.05) is 19.1 Å². The lowest BCUT2D eigenvalue weighted by atomic mass is 10.0. The van der Waals surface area contributed by atoms with E-state index >= 15 is 0 Å². The zero-order chi connectivity index (χ0) is 18.1. The molecule has 2 aliphatic heterocycles. The Morgan fingerprint density at radius 3 is 2.20 bits per heavy atom. The van der Waals surface area contributed by atoms with Crippen LogP contribution < -0.4 is 0 Å². The van der Waals surface area contributed by atoms with Crippen molar-refractivity contribution in [1.29, 1.82) is 0 Å². The lowest BCUT2D eigenvalue weighted by Crippen LogP contribution is -2.44. The van der Waals surface area contributed by atoms with Gasteiger partial charge in [0.15, 0.2) is 0 Å².